The van der Waals surface area contributed by atoms with Crippen molar-refractivity contribution in [1.29, 1.82) is 0 Å². The van der Waals surface area contributed by atoms with Crippen LogP contribution in [0.15, 0.2) is 6.33 Å². The molecule has 3 nitrogen and oxygen atoms in total. The molecular formula is C14H25N3. The van der Waals surface area contributed by atoms with Gasteiger partial charge in [-0.15, -0.1) is 0 Å². The van der Waals surface area contributed by atoms with Gasteiger partial charge in [-0.3, -0.25) is 0 Å². The number of nitrogens with two attached hydrogens (primary N) is 1. The van der Waals surface area contributed by atoms with E-state index in [9.17, 15) is 0 Å². The second-order valence-electron chi connectivity index (χ2n) is 5.18. The van der Waals surface area contributed by atoms with E-state index < -0.39 is 0 Å². The molecule has 2 rings (SSSR count). The average molecular weight is 235 g/mol. The predicted octanol–water partition coefficient (Wildman–Crippen LogP) is 2.84. The van der Waals surface area contributed by atoms with Crippen LogP contribution in [0, 0.1) is 0 Å². The molecule has 0 radical (unpaired) electrons. The Balaban J connectivity index is 2.21. The molecule has 17 heavy (non-hydrogen) atoms. The molecule has 0 aliphatic heterocycles. The Hall–Kier alpha value is -0.830. The van der Waals surface area contributed by atoms with Crippen molar-refractivity contribution in [3.63, 3.8) is 0 Å². The highest BCUT2D eigenvalue weighted by atomic mass is 15.1. The summed E-state index contributed by atoms with van der Waals surface area (Å²) >= 11 is 0. The maximum Gasteiger partial charge on any atom is 0.0954 e. The molecule has 0 spiro atoms. The van der Waals surface area contributed by atoms with E-state index in [1.807, 2.05) is 6.33 Å². The van der Waals surface area contributed by atoms with Gasteiger partial charge in [0, 0.05) is 17.8 Å². The second-order valence-corrected chi connectivity index (χ2v) is 5.18. The Kier molecular flexibility index (Phi) is 4.21. The number of imidazole rings is 1. The molecule has 0 fully saturated rings. The summed E-state index contributed by atoms with van der Waals surface area (Å²) in [6.07, 6.45) is 10.3. The fourth-order valence-corrected chi connectivity index (χ4v) is 3.01. The first-order chi connectivity index (χ1) is 8.27. The first-order valence-corrected chi connectivity index (χ1v) is 7.08. The highest BCUT2D eigenvalue weighted by Crippen LogP contribution is 2.26. The normalized spacial score (nSPS) is 18.8. The minimum atomic E-state index is 0.269. The SMILES string of the molecule is CCCC(N)C(CC)n1cnc2c1CCCC2. The first kappa shape index (κ1) is 12.6. The summed E-state index contributed by atoms with van der Waals surface area (Å²) < 4.78 is 2.37. The molecule has 1 aliphatic carbocycles. The zero-order valence-corrected chi connectivity index (χ0v) is 11.2. The maximum atomic E-state index is 6.31. The van der Waals surface area contributed by atoms with Crippen molar-refractivity contribution in [3.8, 4) is 0 Å². The van der Waals surface area contributed by atoms with Crippen molar-refractivity contribution in [2.45, 2.75) is 70.9 Å². The zero-order valence-electron chi connectivity index (χ0n) is 11.2. The maximum absolute atomic E-state index is 6.31. The van der Waals surface area contributed by atoms with Gasteiger partial charge < -0.3 is 10.3 Å². The summed E-state index contributed by atoms with van der Waals surface area (Å²) in [5.41, 5.74) is 9.09. The van der Waals surface area contributed by atoms with E-state index in [0.717, 1.165) is 25.7 Å². The van der Waals surface area contributed by atoms with Crippen LogP contribution >= 0.6 is 0 Å². The number of hydrogen-bond donors (Lipinski definition) is 1. The van der Waals surface area contributed by atoms with Crippen molar-refractivity contribution in [1.82, 2.24) is 9.55 Å². The van der Waals surface area contributed by atoms with Crippen LogP contribution in [0.5, 0.6) is 0 Å². The monoisotopic (exact) mass is 235 g/mol. The van der Waals surface area contributed by atoms with Crippen molar-refractivity contribution < 1.29 is 0 Å². The molecule has 1 heterocycles. The zero-order chi connectivity index (χ0) is 12.3. The fraction of sp³-hybridized carbons (Fsp3) is 0.786. The van der Waals surface area contributed by atoms with E-state index in [1.165, 1.54) is 30.7 Å². The topological polar surface area (TPSA) is 43.8 Å². The standard InChI is InChI=1S/C14H25N3/c1-3-7-11(15)13(4-2)17-10-16-12-8-5-6-9-14(12)17/h10-11,13H,3-9,15H2,1-2H3. The van der Waals surface area contributed by atoms with E-state index >= 15 is 0 Å². The lowest BCUT2D eigenvalue weighted by Crippen LogP contribution is -2.32. The highest BCUT2D eigenvalue weighted by Gasteiger charge is 2.23. The van der Waals surface area contributed by atoms with E-state index in [4.69, 9.17) is 5.73 Å². The largest absolute Gasteiger partial charge is 0.330 e. The third-order valence-corrected chi connectivity index (χ3v) is 3.95. The van der Waals surface area contributed by atoms with Gasteiger partial charge in [-0.25, -0.2) is 4.98 Å². The van der Waals surface area contributed by atoms with Crippen LogP contribution in [-0.4, -0.2) is 15.6 Å². The van der Waals surface area contributed by atoms with E-state index in [-0.39, 0.29) is 6.04 Å². The van der Waals surface area contributed by atoms with Crippen LogP contribution in [-0.2, 0) is 12.8 Å². The number of nitrogens with zero attached hydrogens (tertiary/aromatic N) is 2. The Labute approximate surface area is 104 Å². The third-order valence-electron chi connectivity index (χ3n) is 3.95. The molecule has 1 aliphatic rings. The minimum Gasteiger partial charge on any atom is -0.330 e. The molecule has 1 aromatic heterocycles. The second kappa shape index (κ2) is 5.67. The third kappa shape index (κ3) is 2.54. The number of aromatic nitrogens is 2. The van der Waals surface area contributed by atoms with Crippen molar-refractivity contribution in [2.24, 2.45) is 5.73 Å². The molecule has 0 aromatic carbocycles. The lowest BCUT2D eigenvalue weighted by atomic mass is 9.98. The van der Waals surface area contributed by atoms with Gasteiger partial charge in [0.2, 0.25) is 0 Å². The van der Waals surface area contributed by atoms with E-state index in [2.05, 4.69) is 23.4 Å². The Morgan fingerprint density at radius 2 is 2.12 bits per heavy atom. The smallest absolute Gasteiger partial charge is 0.0954 e. The van der Waals surface area contributed by atoms with Crippen LogP contribution in [0.4, 0.5) is 0 Å². The van der Waals surface area contributed by atoms with Gasteiger partial charge in [0.1, 0.15) is 0 Å². The predicted molar refractivity (Wildman–Crippen MR) is 71.1 cm³/mol. The van der Waals surface area contributed by atoms with Crippen LogP contribution < -0.4 is 5.73 Å². The molecule has 2 atom stereocenters. The van der Waals surface area contributed by atoms with Crippen molar-refractivity contribution in [2.75, 3.05) is 0 Å². The average Bonchev–Trinajstić information content (AvgIpc) is 2.75. The number of aryl methyl sites for hydroxylation is 1. The Morgan fingerprint density at radius 3 is 2.82 bits per heavy atom. The number of hydrogen-bond acceptors (Lipinski definition) is 2. The van der Waals surface area contributed by atoms with Crippen LogP contribution in [0.25, 0.3) is 0 Å². The first-order valence-electron chi connectivity index (χ1n) is 7.08. The summed E-state index contributed by atoms with van der Waals surface area (Å²) in [6, 6.07) is 0.703. The Bertz CT molecular complexity index is 356. The summed E-state index contributed by atoms with van der Waals surface area (Å²) in [5, 5.41) is 0. The fourth-order valence-electron chi connectivity index (χ4n) is 3.01. The highest BCUT2D eigenvalue weighted by molar-refractivity contribution is 5.17. The van der Waals surface area contributed by atoms with Gasteiger partial charge >= 0.3 is 0 Å². The molecule has 0 amide bonds. The van der Waals surface area contributed by atoms with Gasteiger partial charge in [0.25, 0.3) is 0 Å². The Morgan fingerprint density at radius 1 is 1.35 bits per heavy atom. The molecule has 0 saturated carbocycles. The van der Waals surface area contributed by atoms with Crippen LogP contribution in [0.2, 0.25) is 0 Å². The number of fused-ring (bicyclic) bond motifs is 1. The molecule has 0 saturated heterocycles. The molecule has 1 aromatic rings. The molecule has 2 N–H and O–H groups in total. The molecule has 2 unspecified atom stereocenters. The van der Waals surface area contributed by atoms with E-state index in [0.29, 0.717) is 6.04 Å². The molecule has 96 valence electrons. The summed E-state index contributed by atoms with van der Waals surface area (Å²) in [5.74, 6) is 0. The number of rotatable bonds is 5. The van der Waals surface area contributed by atoms with Crippen molar-refractivity contribution in [3.05, 3.63) is 17.7 Å². The van der Waals surface area contributed by atoms with Crippen LogP contribution in [0.3, 0.4) is 0 Å². The van der Waals surface area contributed by atoms with Gasteiger partial charge in [0.15, 0.2) is 0 Å². The van der Waals surface area contributed by atoms with E-state index in [1.54, 1.807) is 0 Å². The lowest BCUT2D eigenvalue weighted by Gasteiger charge is -2.26. The molecule has 0 bridgehead atoms. The lowest BCUT2D eigenvalue weighted by molar-refractivity contribution is 0.367. The van der Waals surface area contributed by atoms with Gasteiger partial charge in [-0.2, -0.15) is 0 Å². The van der Waals surface area contributed by atoms with Crippen LogP contribution in [0.1, 0.15) is 63.4 Å². The van der Waals surface area contributed by atoms with Crippen molar-refractivity contribution >= 4 is 0 Å². The van der Waals surface area contributed by atoms with Gasteiger partial charge in [0.05, 0.1) is 12.0 Å². The molecule has 3 heteroatoms. The summed E-state index contributed by atoms with van der Waals surface area (Å²) in [4.78, 5) is 4.58. The quantitative estimate of drug-likeness (QED) is 0.853. The minimum absolute atomic E-state index is 0.269. The molecular weight excluding hydrogens is 210 g/mol. The summed E-state index contributed by atoms with van der Waals surface area (Å²) in [6.45, 7) is 4.44. The van der Waals surface area contributed by atoms with Gasteiger partial charge in [-0.1, -0.05) is 20.3 Å². The summed E-state index contributed by atoms with van der Waals surface area (Å²) in [7, 11) is 0. The van der Waals surface area contributed by atoms with Gasteiger partial charge in [-0.05, 0) is 38.5 Å².